The largest absolute Gasteiger partial charge is 0.480 e. The molecule has 158 valence electrons. The molecule has 2 aromatic rings. The van der Waals surface area contributed by atoms with E-state index in [9.17, 15) is 14.4 Å². The summed E-state index contributed by atoms with van der Waals surface area (Å²) in [7, 11) is 1.66. The Morgan fingerprint density at radius 3 is 2.07 bits per heavy atom. The number of carboxylic acids is 1. The van der Waals surface area contributed by atoms with Crippen molar-refractivity contribution < 1.29 is 24.2 Å². The lowest BCUT2D eigenvalue weighted by atomic mass is 9.98. The molecule has 0 radical (unpaired) electrons. The van der Waals surface area contributed by atoms with Gasteiger partial charge in [-0.3, -0.25) is 14.5 Å². The van der Waals surface area contributed by atoms with Crippen molar-refractivity contribution in [3.63, 3.8) is 0 Å². The van der Waals surface area contributed by atoms with Crippen LogP contribution in [0.15, 0.2) is 48.5 Å². The molecule has 0 bridgehead atoms. The van der Waals surface area contributed by atoms with Gasteiger partial charge in [0.15, 0.2) is 0 Å². The van der Waals surface area contributed by atoms with Gasteiger partial charge in [-0.05, 0) is 28.7 Å². The van der Waals surface area contributed by atoms with Crippen LogP contribution in [0.2, 0.25) is 0 Å². The molecule has 0 saturated carbocycles. The summed E-state index contributed by atoms with van der Waals surface area (Å²) in [5, 5.41) is 9.16. The van der Waals surface area contributed by atoms with Gasteiger partial charge in [0, 0.05) is 33.0 Å². The number of hydrogen-bond acceptors (Lipinski definition) is 4. The lowest BCUT2D eigenvalue weighted by molar-refractivity contribution is -0.138. The molecule has 7 nitrogen and oxygen atoms in total. The number of hydrogen-bond donors (Lipinski definition) is 1. The monoisotopic (exact) mass is 410 g/mol. The third-order valence-electron chi connectivity index (χ3n) is 5.38. The molecule has 2 amide bonds. The first-order valence-corrected chi connectivity index (χ1v) is 9.92. The fourth-order valence-corrected chi connectivity index (χ4v) is 3.74. The van der Waals surface area contributed by atoms with Crippen LogP contribution in [-0.4, -0.2) is 66.2 Å². The van der Waals surface area contributed by atoms with Gasteiger partial charge in [-0.1, -0.05) is 48.5 Å². The molecule has 1 N–H and O–H groups in total. The first-order chi connectivity index (χ1) is 14.4. The molecule has 0 spiro atoms. The van der Waals surface area contributed by atoms with Crippen molar-refractivity contribution in [3.05, 3.63) is 59.7 Å². The fraction of sp³-hybridized carbons (Fsp3) is 0.348. The van der Waals surface area contributed by atoms with Crippen molar-refractivity contribution in [2.24, 2.45) is 0 Å². The highest BCUT2D eigenvalue weighted by atomic mass is 16.6. The Morgan fingerprint density at radius 1 is 0.967 bits per heavy atom. The number of fused-ring (bicyclic) bond motifs is 3. The smallest absolute Gasteiger partial charge is 0.410 e. The van der Waals surface area contributed by atoms with Gasteiger partial charge in [0.2, 0.25) is 5.91 Å². The van der Waals surface area contributed by atoms with Crippen LogP contribution in [0.5, 0.6) is 0 Å². The Morgan fingerprint density at radius 2 is 1.53 bits per heavy atom. The van der Waals surface area contributed by atoms with E-state index in [4.69, 9.17) is 9.84 Å². The molecular weight excluding hydrogens is 384 g/mol. The number of carboxylic acid groups (broad SMARTS) is 1. The molecule has 0 unspecified atom stereocenters. The summed E-state index contributed by atoms with van der Waals surface area (Å²) in [6.07, 6.45) is -0.196. The van der Waals surface area contributed by atoms with Gasteiger partial charge >= 0.3 is 12.1 Å². The quantitative estimate of drug-likeness (QED) is 0.722. The highest BCUT2D eigenvalue weighted by Crippen LogP contribution is 2.44. The molecule has 0 atom stereocenters. The second-order valence-corrected chi connectivity index (χ2v) is 7.41. The van der Waals surface area contributed by atoms with E-state index in [1.165, 1.54) is 16.7 Å². The highest BCUT2D eigenvalue weighted by Gasteiger charge is 2.30. The van der Waals surface area contributed by atoms with Crippen LogP contribution in [0, 0.1) is 0 Å². The van der Waals surface area contributed by atoms with Gasteiger partial charge in [-0.25, -0.2) is 4.79 Å². The molecule has 3 rings (SSSR count). The SMILES string of the molecule is CC(=O)N(C)CCCN(CC(=O)O)C(=O)OCC1c2ccccc2-c2ccccc21. The summed E-state index contributed by atoms with van der Waals surface area (Å²) in [6, 6.07) is 16.0. The zero-order valence-corrected chi connectivity index (χ0v) is 17.2. The van der Waals surface area contributed by atoms with E-state index in [2.05, 4.69) is 12.1 Å². The molecule has 0 saturated heterocycles. The standard InChI is InChI=1S/C23H26N2O5/c1-16(26)24(2)12-7-13-25(14-22(27)28)23(29)30-15-21-19-10-5-3-8-17(19)18-9-4-6-11-20(18)21/h3-6,8-11,21H,7,12-15H2,1-2H3,(H,27,28). The minimum atomic E-state index is -1.11. The van der Waals surface area contributed by atoms with Crippen LogP contribution in [-0.2, 0) is 14.3 Å². The molecule has 0 heterocycles. The van der Waals surface area contributed by atoms with Crippen LogP contribution in [0.25, 0.3) is 11.1 Å². The molecule has 1 aliphatic rings. The van der Waals surface area contributed by atoms with Crippen LogP contribution >= 0.6 is 0 Å². The highest BCUT2D eigenvalue weighted by molar-refractivity contribution is 5.79. The fourth-order valence-electron chi connectivity index (χ4n) is 3.74. The minimum Gasteiger partial charge on any atom is -0.480 e. The number of aliphatic carboxylic acids is 1. The Balaban J connectivity index is 1.66. The van der Waals surface area contributed by atoms with Gasteiger partial charge in [0.1, 0.15) is 13.2 Å². The third-order valence-corrected chi connectivity index (χ3v) is 5.38. The Bertz CT molecular complexity index is 897. The number of benzene rings is 2. The van der Waals surface area contributed by atoms with Crippen molar-refractivity contribution in [1.29, 1.82) is 0 Å². The molecule has 0 fully saturated rings. The number of rotatable bonds is 8. The van der Waals surface area contributed by atoms with E-state index in [1.807, 2.05) is 36.4 Å². The predicted octanol–water partition coefficient (Wildman–Crippen LogP) is 3.19. The van der Waals surface area contributed by atoms with E-state index in [1.54, 1.807) is 7.05 Å². The average Bonchev–Trinajstić information content (AvgIpc) is 3.04. The third kappa shape index (κ3) is 4.79. The summed E-state index contributed by atoms with van der Waals surface area (Å²) in [6.45, 7) is 1.78. The summed E-state index contributed by atoms with van der Waals surface area (Å²) in [5.74, 6) is -1.28. The topological polar surface area (TPSA) is 87.2 Å². The Labute approximate surface area is 175 Å². The van der Waals surface area contributed by atoms with Crippen molar-refractivity contribution >= 4 is 18.0 Å². The lowest BCUT2D eigenvalue weighted by Gasteiger charge is -2.23. The number of carbonyl (C=O) groups excluding carboxylic acids is 2. The number of ether oxygens (including phenoxy) is 1. The Kier molecular flexibility index (Phi) is 6.72. The summed E-state index contributed by atoms with van der Waals surface area (Å²) >= 11 is 0. The summed E-state index contributed by atoms with van der Waals surface area (Å²) < 4.78 is 5.55. The minimum absolute atomic E-state index is 0.0825. The normalized spacial score (nSPS) is 12.1. The van der Waals surface area contributed by atoms with Crippen molar-refractivity contribution in [2.75, 3.05) is 33.3 Å². The maximum atomic E-state index is 12.6. The predicted molar refractivity (Wildman–Crippen MR) is 112 cm³/mol. The number of nitrogens with zero attached hydrogens (tertiary/aromatic N) is 2. The van der Waals surface area contributed by atoms with Crippen LogP contribution in [0.4, 0.5) is 4.79 Å². The lowest BCUT2D eigenvalue weighted by Crippen LogP contribution is -2.38. The van der Waals surface area contributed by atoms with Crippen LogP contribution in [0.3, 0.4) is 0 Å². The maximum absolute atomic E-state index is 12.6. The zero-order chi connectivity index (χ0) is 21.7. The molecule has 0 aliphatic heterocycles. The van der Waals surface area contributed by atoms with Gasteiger partial charge < -0.3 is 14.7 Å². The van der Waals surface area contributed by atoms with Crippen LogP contribution in [0.1, 0.15) is 30.4 Å². The molecule has 0 aromatic heterocycles. The van der Waals surface area contributed by atoms with E-state index in [-0.39, 0.29) is 25.0 Å². The van der Waals surface area contributed by atoms with Crippen molar-refractivity contribution in [1.82, 2.24) is 9.80 Å². The Hall–Kier alpha value is -3.35. The van der Waals surface area contributed by atoms with E-state index in [0.717, 1.165) is 22.3 Å². The zero-order valence-electron chi connectivity index (χ0n) is 17.2. The summed E-state index contributed by atoms with van der Waals surface area (Å²) in [5.41, 5.74) is 4.45. The number of amides is 2. The van der Waals surface area contributed by atoms with Crippen LogP contribution < -0.4 is 0 Å². The second-order valence-electron chi connectivity index (χ2n) is 7.41. The maximum Gasteiger partial charge on any atom is 0.410 e. The van der Waals surface area contributed by atoms with Crippen molar-refractivity contribution in [2.45, 2.75) is 19.3 Å². The average molecular weight is 410 g/mol. The van der Waals surface area contributed by atoms with Gasteiger partial charge in [-0.15, -0.1) is 0 Å². The van der Waals surface area contributed by atoms with Crippen molar-refractivity contribution in [3.8, 4) is 11.1 Å². The first-order valence-electron chi connectivity index (χ1n) is 9.92. The second kappa shape index (κ2) is 9.43. The van der Waals surface area contributed by atoms with E-state index >= 15 is 0 Å². The molecule has 2 aromatic carbocycles. The van der Waals surface area contributed by atoms with Gasteiger partial charge in [-0.2, -0.15) is 0 Å². The molecular formula is C23H26N2O5. The first kappa shape index (κ1) is 21.4. The molecule has 7 heteroatoms. The van der Waals surface area contributed by atoms with E-state index in [0.29, 0.717) is 13.0 Å². The van der Waals surface area contributed by atoms with Gasteiger partial charge in [0.05, 0.1) is 0 Å². The number of carbonyl (C=O) groups is 3. The summed E-state index contributed by atoms with van der Waals surface area (Å²) in [4.78, 5) is 37.8. The van der Waals surface area contributed by atoms with E-state index < -0.39 is 18.6 Å². The molecule has 1 aliphatic carbocycles. The molecule has 30 heavy (non-hydrogen) atoms. The van der Waals surface area contributed by atoms with Gasteiger partial charge in [0.25, 0.3) is 0 Å².